The standard InChI is InChI=1S/C13H22N2O3/c16-13(11-8-17-7-5-14-11)15-10-2-1-3-12-9(10)4-6-18-12/h9-12,14H,1-8H2,(H,15,16). The third-order valence-electron chi connectivity index (χ3n) is 4.35. The van der Waals surface area contributed by atoms with Crippen molar-refractivity contribution in [3.63, 3.8) is 0 Å². The van der Waals surface area contributed by atoms with Crippen LogP contribution in [0.5, 0.6) is 0 Å². The minimum Gasteiger partial charge on any atom is -0.378 e. The Morgan fingerprint density at radius 2 is 2.17 bits per heavy atom. The van der Waals surface area contributed by atoms with Crippen LogP contribution in [0.2, 0.25) is 0 Å². The third kappa shape index (κ3) is 2.53. The Bertz CT molecular complexity index is 305. The number of morpholine rings is 1. The monoisotopic (exact) mass is 254 g/mol. The maximum Gasteiger partial charge on any atom is 0.239 e. The second kappa shape index (κ2) is 5.55. The summed E-state index contributed by atoms with van der Waals surface area (Å²) in [7, 11) is 0. The van der Waals surface area contributed by atoms with Crippen LogP contribution in [-0.2, 0) is 14.3 Å². The average Bonchev–Trinajstić information content (AvgIpc) is 2.89. The van der Waals surface area contributed by atoms with Gasteiger partial charge in [0, 0.05) is 25.1 Å². The summed E-state index contributed by atoms with van der Waals surface area (Å²) in [6, 6.07) is 0.115. The van der Waals surface area contributed by atoms with Crippen molar-refractivity contribution in [2.75, 3.05) is 26.4 Å². The minimum atomic E-state index is -0.179. The molecule has 3 aliphatic rings. The zero-order chi connectivity index (χ0) is 12.4. The quantitative estimate of drug-likeness (QED) is 0.731. The van der Waals surface area contributed by atoms with E-state index in [-0.39, 0.29) is 11.9 Å². The maximum atomic E-state index is 12.2. The molecule has 5 heteroatoms. The minimum absolute atomic E-state index is 0.0900. The molecule has 102 valence electrons. The summed E-state index contributed by atoms with van der Waals surface area (Å²) in [6.45, 7) is 2.80. The Labute approximate surface area is 108 Å². The lowest BCUT2D eigenvalue weighted by Gasteiger charge is -2.34. The van der Waals surface area contributed by atoms with Gasteiger partial charge in [-0.3, -0.25) is 4.79 Å². The van der Waals surface area contributed by atoms with Crippen molar-refractivity contribution in [3.05, 3.63) is 0 Å². The van der Waals surface area contributed by atoms with E-state index in [2.05, 4.69) is 10.6 Å². The van der Waals surface area contributed by atoms with Gasteiger partial charge in [0.1, 0.15) is 6.04 Å². The first-order valence-corrected chi connectivity index (χ1v) is 7.08. The van der Waals surface area contributed by atoms with Crippen LogP contribution in [0.15, 0.2) is 0 Å². The molecule has 0 spiro atoms. The molecule has 0 radical (unpaired) electrons. The molecule has 2 N–H and O–H groups in total. The first-order chi connectivity index (χ1) is 8.84. The summed E-state index contributed by atoms with van der Waals surface area (Å²) >= 11 is 0. The number of hydrogen-bond acceptors (Lipinski definition) is 4. The fourth-order valence-corrected chi connectivity index (χ4v) is 3.37. The van der Waals surface area contributed by atoms with Crippen LogP contribution in [0.3, 0.4) is 0 Å². The van der Waals surface area contributed by atoms with Crippen LogP contribution < -0.4 is 10.6 Å². The summed E-state index contributed by atoms with van der Waals surface area (Å²) < 4.78 is 11.1. The van der Waals surface area contributed by atoms with Gasteiger partial charge in [0.25, 0.3) is 0 Å². The molecular weight excluding hydrogens is 232 g/mol. The van der Waals surface area contributed by atoms with Crippen molar-refractivity contribution in [1.82, 2.24) is 10.6 Å². The molecule has 18 heavy (non-hydrogen) atoms. The SMILES string of the molecule is O=C(NC1CCCC2OCCC12)C1COCCN1. The fourth-order valence-electron chi connectivity index (χ4n) is 3.37. The van der Waals surface area contributed by atoms with Gasteiger partial charge in [0.05, 0.1) is 19.3 Å². The lowest BCUT2D eigenvalue weighted by Crippen LogP contribution is -2.55. The molecule has 1 saturated carbocycles. The van der Waals surface area contributed by atoms with Gasteiger partial charge in [0.15, 0.2) is 0 Å². The van der Waals surface area contributed by atoms with E-state index in [1.54, 1.807) is 0 Å². The molecule has 0 aromatic rings. The Hall–Kier alpha value is -0.650. The van der Waals surface area contributed by atoms with Gasteiger partial charge in [0.2, 0.25) is 5.91 Å². The largest absolute Gasteiger partial charge is 0.378 e. The first kappa shape index (κ1) is 12.4. The fraction of sp³-hybridized carbons (Fsp3) is 0.923. The Morgan fingerprint density at radius 3 is 3.00 bits per heavy atom. The number of amides is 1. The molecule has 0 bridgehead atoms. The van der Waals surface area contributed by atoms with E-state index in [1.807, 2.05) is 0 Å². The lowest BCUT2D eigenvalue weighted by molar-refractivity contribution is -0.127. The Morgan fingerprint density at radius 1 is 1.22 bits per heavy atom. The molecule has 1 amide bonds. The highest BCUT2D eigenvalue weighted by Gasteiger charge is 2.39. The number of ether oxygens (including phenoxy) is 2. The van der Waals surface area contributed by atoms with E-state index in [0.29, 0.717) is 31.3 Å². The topological polar surface area (TPSA) is 59.6 Å². The third-order valence-corrected chi connectivity index (χ3v) is 4.35. The normalized spacial score (nSPS) is 40.2. The average molecular weight is 254 g/mol. The van der Waals surface area contributed by atoms with Crippen LogP contribution in [0, 0.1) is 5.92 Å². The van der Waals surface area contributed by atoms with Crippen molar-refractivity contribution in [1.29, 1.82) is 0 Å². The number of carbonyl (C=O) groups is 1. The van der Waals surface area contributed by atoms with Crippen molar-refractivity contribution >= 4 is 5.91 Å². The Kier molecular flexibility index (Phi) is 3.82. The molecule has 4 unspecified atom stereocenters. The smallest absolute Gasteiger partial charge is 0.239 e. The van der Waals surface area contributed by atoms with Gasteiger partial charge >= 0.3 is 0 Å². The number of rotatable bonds is 2. The molecule has 3 rings (SSSR count). The summed E-state index contributed by atoms with van der Waals surface area (Å²) in [5, 5.41) is 6.40. The molecule has 2 aliphatic heterocycles. The second-order valence-corrected chi connectivity index (χ2v) is 5.49. The summed E-state index contributed by atoms with van der Waals surface area (Å²) in [4.78, 5) is 12.2. The van der Waals surface area contributed by atoms with Gasteiger partial charge in [-0.2, -0.15) is 0 Å². The zero-order valence-electron chi connectivity index (χ0n) is 10.7. The van der Waals surface area contributed by atoms with Crippen LogP contribution in [0.4, 0.5) is 0 Å². The predicted octanol–water partition coefficient (Wildman–Crippen LogP) is 0.0486. The molecule has 1 aliphatic carbocycles. The molecule has 0 aromatic heterocycles. The van der Waals surface area contributed by atoms with E-state index >= 15 is 0 Å². The van der Waals surface area contributed by atoms with Gasteiger partial charge in [-0.25, -0.2) is 0 Å². The van der Waals surface area contributed by atoms with Crippen LogP contribution in [-0.4, -0.2) is 50.5 Å². The molecule has 2 heterocycles. The van der Waals surface area contributed by atoms with E-state index in [0.717, 1.165) is 38.8 Å². The van der Waals surface area contributed by atoms with Gasteiger partial charge in [-0.15, -0.1) is 0 Å². The number of nitrogens with one attached hydrogen (secondary N) is 2. The molecule has 2 saturated heterocycles. The van der Waals surface area contributed by atoms with E-state index < -0.39 is 0 Å². The Balaban J connectivity index is 1.56. The number of carbonyl (C=O) groups excluding carboxylic acids is 1. The van der Waals surface area contributed by atoms with Gasteiger partial charge < -0.3 is 20.1 Å². The van der Waals surface area contributed by atoms with E-state index in [4.69, 9.17) is 9.47 Å². The predicted molar refractivity (Wildman–Crippen MR) is 66.2 cm³/mol. The van der Waals surface area contributed by atoms with Crippen molar-refractivity contribution in [2.24, 2.45) is 5.92 Å². The number of fused-ring (bicyclic) bond motifs is 1. The summed E-state index contributed by atoms with van der Waals surface area (Å²) in [6.07, 6.45) is 4.86. The van der Waals surface area contributed by atoms with Crippen molar-refractivity contribution < 1.29 is 14.3 Å². The maximum absolute atomic E-state index is 12.2. The first-order valence-electron chi connectivity index (χ1n) is 7.08. The van der Waals surface area contributed by atoms with E-state index in [1.165, 1.54) is 0 Å². The molecule has 0 aromatic carbocycles. The summed E-state index contributed by atoms with van der Waals surface area (Å²) in [5.74, 6) is 0.611. The van der Waals surface area contributed by atoms with Crippen molar-refractivity contribution in [3.8, 4) is 0 Å². The summed E-state index contributed by atoms with van der Waals surface area (Å²) in [5.41, 5.74) is 0. The van der Waals surface area contributed by atoms with Crippen LogP contribution in [0.1, 0.15) is 25.7 Å². The highest BCUT2D eigenvalue weighted by Crippen LogP contribution is 2.34. The molecule has 4 atom stereocenters. The van der Waals surface area contributed by atoms with E-state index in [9.17, 15) is 4.79 Å². The zero-order valence-corrected chi connectivity index (χ0v) is 10.7. The van der Waals surface area contributed by atoms with Crippen LogP contribution in [0.25, 0.3) is 0 Å². The second-order valence-electron chi connectivity index (χ2n) is 5.49. The highest BCUT2D eigenvalue weighted by molar-refractivity contribution is 5.82. The number of hydrogen-bond donors (Lipinski definition) is 2. The van der Waals surface area contributed by atoms with Crippen LogP contribution >= 0.6 is 0 Å². The highest BCUT2D eigenvalue weighted by atomic mass is 16.5. The molecule has 3 fully saturated rings. The van der Waals surface area contributed by atoms with Gasteiger partial charge in [-0.1, -0.05) is 0 Å². The van der Waals surface area contributed by atoms with Crippen molar-refractivity contribution in [2.45, 2.75) is 43.9 Å². The lowest BCUT2D eigenvalue weighted by atomic mass is 9.81. The molecule has 5 nitrogen and oxygen atoms in total. The van der Waals surface area contributed by atoms with Gasteiger partial charge in [-0.05, 0) is 25.7 Å². The molecular formula is C13H22N2O3.